The van der Waals surface area contributed by atoms with Crippen molar-refractivity contribution in [3.63, 3.8) is 0 Å². The van der Waals surface area contributed by atoms with Crippen LogP contribution in [0.25, 0.3) is 0 Å². The van der Waals surface area contributed by atoms with E-state index in [2.05, 4.69) is 4.98 Å². The fourth-order valence-corrected chi connectivity index (χ4v) is 1.89. The van der Waals surface area contributed by atoms with Crippen LogP contribution in [0.1, 0.15) is 39.6 Å². The van der Waals surface area contributed by atoms with Crippen molar-refractivity contribution in [3.05, 3.63) is 17.2 Å². The molecule has 0 amide bonds. The Morgan fingerprint density at radius 1 is 1.57 bits per heavy atom. The minimum absolute atomic E-state index is 0.00397. The van der Waals surface area contributed by atoms with Gasteiger partial charge in [0.2, 0.25) is 0 Å². The van der Waals surface area contributed by atoms with Gasteiger partial charge in [-0.05, 0) is 6.42 Å². The van der Waals surface area contributed by atoms with E-state index in [-0.39, 0.29) is 11.7 Å². The lowest BCUT2D eigenvalue weighted by molar-refractivity contribution is 0.0948. The number of nitrogens with zero attached hydrogens (tertiary/aromatic N) is 2. The lowest BCUT2D eigenvalue weighted by Gasteiger charge is -2.12. The smallest absolute Gasteiger partial charge is 0.198 e. The van der Waals surface area contributed by atoms with Crippen molar-refractivity contribution >= 4 is 23.7 Å². The Hall–Kier alpha value is -1.16. The van der Waals surface area contributed by atoms with Gasteiger partial charge in [-0.25, -0.2) is 4.98 Å². The summed E-state index contributed by atoms with van der Waals surface area (Å²) in [5.41, 5.74) is 0.954. The minimum Gasteiger partial charge on any atom is -0.319 e. The van der Waals surface area contributed by atoms with Gasteiger partial charge in [0.15, 0.2) is 17.9 Å². The number of aromatic nitrogens is 2. The second-order valence-electron chi connectivity index (χ2n) is 3.20. The fraction of sp³-hybridized carbons (Fsp3) is 0.444. The second-order valence-corrected chi connectivity index (χ2v) is 3.46. The highest BCUT2D eigenvalue weighted by Gasteiger charge is 2.24. The normalized spacial score (nSPS) is 15.4. The molecule has 1 aliphatic heterocycles. The second kappa shape index (κ2) is 3.53. The number of carbonyl (C=O) groups is 2. The van der Waals surface area contributed by atoms with E-state index in [4.69, 9.17) is 11.6 Å². The third kappa shape index (κ3) is 1.26. The first-order chi connectivity index (χ1) is 6.77. The molecule has 0 fully saturated rings. The maximum atomic E-state index is 11.4. The van der Waals surface area contributed by atoms with E-state index < -0.39 is 0 Å². The Morgan fingerprint density at radius 3 is 3.00 bits per heavy atom. The van der Waals surface area contributed by atoms with Crippen LogP contribution in [-0.4, -0.2) is 21.6 Å². The highest BCUT2D eigenvalue weighted by atomic mass is 35.5. The van der Waals surface area contributed by atoms with E-state index in [1.54, 1.807) is 4.57 Å². The van der Waals surface area contributed by atoms with Gasteiger partial charge in [0.05, 0.1) is 11.6 Å². The number of fused-ring (bicyclic) bond motifs is 1. The molecular formula is C9H9ClN2O2. The van der Waals surface area contributed by atoms with Crippen LogP contribution in [0, 0.1) is 0 Å². The van der Waals surface area contributed by atoms with Crippen molar-refractivity contribution in [1.82, 2.24) is 9.55 Å². The summed E-state index contributed by atoms with van der Waals surface area (Å²) in [4.78, 5) is 26.3. The highest BCUT2D eigenvalue weighted by Crippen LogP contribution is 2.19. The number of halogens is 1. The molecular weight excluding hydrogens is 204 g/mol. The zero-order valence-electron chi connectivity index (χ0n) is 7.49. The zero-order valence-corrected chi connectivity index (χ0v) is 8.25. The average Bonchev–Trinajstić information content (AvgIpc) is 2.57. The lowest BCUT2D eigenvalue weighted by atomic mass is 10.1. The molecule has 5 heteroatoms. The van der Waals surface area contributed by atoms with E-state index in [0.29, 0.717) is 36.5 Å². The Balaban J connectivity index is 2.59. The molecule has 0 aromatic carbocycles. The van der Waals surface area contributed by atoms with E-state index in [9.17, 15) is 9.59 Å². The zero-order chi connectivity index (χ0) is 10.1. The van der Waals surface area contributed by atoms with Crippen LogP contribution in [0.3, 0.4) is 0 Å². The topological polar surface area (TPSA) is 52.0 Å². The molecule has 0 unspecified atom stereocenters. The van der Waals surface area contributed by atoms with Crippen LogP contribution in [0.15, 0.2) is 0 Å². The summed E-state index contributed by atoms with van der Waals surface area (Å²) in [5, 5.41) is 0. The van der Waals surface area contributed by atoms with Gasteiger partial charge in [0.1, 0.15) is 5.69 Å². The summed E-state index contributed by atoms with van der Waals surface area (Å²) in [7, 11) is 0. The molecule has 0 atom stereocenters. The number of alkyl halides is 1. The van der Waals surface area contributed by atoms with Crippen molar-refractivity contribution in [3.8, 4) is 0 Å². The molecule has 2 heterocycles. The predicted octanol–water partition coefficient (Wildman–Crippen LogP) is 1.41. The molecule has 0 N–H and O–H groups in total. The molecule has 0 bridgehead atoms. The maximum Gasteiger partial charge on any atom is 0.198 e. The van der Waals surface area contributed by atoms with Crippen LogP contribution >= 0.6 is 11.6 Å². The van der Waals surface area contributed by atoms with Crippen molar-refractivity contribution in [2.24, 2.45) is 0 Å². The number of imidazole rings is 1. The summed E-state index contributed by atoms with van der Waals surface area (Å²) in [5.74, 6) is 0.547. The van der Waals surface area contributed by atoms with Gasteiger partial charge < -0.3 is 4.57 Å². The number of aldehydes is 1. The number of ketones is 1. The summed E-state index contributed by atoms with van der Waals surface area (Å²) >= 11 is 5.63. The number of rotatable bonds is 2. The Bertz CT molecular complexity index is 398. The first-order valence-electron chi connectivity index (χ1n) is 4.41. The minimum atomic E-state index is -0.00397. The van der Waals surface area contributed by atoms with Crippen molar-refractivity contribution in [2.45, 2.75) is 25.3 Å². The van der Waals surface area contributed by atoms with Gasteiger partial charge in [0, 0.05) is 13.0 Å². The van der Waals surface area contributed by atoms with Crippen molar-refractivity contribution in [1.29, 1.82) is 0 Å². The highest BCUT2D eigenvalue weighted by molar-refractivity contribution is 6.17. The standard InChI is InChI=1S/C9H9ClN2O2/c10-4-6-7(5-13)12-3-1-2-8(14)9(12)11-6/h5H,1-4H2. The molecule has 0 aliphatic carbocycles. The third-order valence-corrected chi connectivity index (χ3v) is 2.61. The molecule has 4 nitrogen and oxygen atoms in total. The number of Topliss-reactive ketones (excluding diaryl/α,β-unsaturated/α-hetero) is 1. The molecule has 0 spiro atoms. The largest absolute Gasteiger partial charge is 0.319 e. The van der Waals surface area contributed by atoms with Gasteiger partial charge in [-0.1, -0.05) is 0 Å². The molecule has 1 aromatic heterocycles. The van der Waals surface area contributed by atoms with Crippen LogP contribution < -0.4 is 0 Å². The summed E-state index contributed by atoms with van der Waals surface area (Å²) in [6.45, 7) is 0.680. The third-order valence-electron chi connectivity index (χ3n) is 2.36. The Kier molecular flexibility index (Phi) is 2.37. The van der Waals surface area contributed by atoms with E-state index in [0.717, 1.165) is 6.42 Å². The molecule has 0 saturated carbocycles. The monoisotopic (exact) mass is 212 g/mol. The van der Waals surface area contributed by atoms with Gasteiger partial charge in [-0.15, -0.1) is 11.6 Å². The van der Waals surface area contributed by atoms with Gasteiger partial charge in [-0.2, -0.15) is 0 Å². The van der Waals surface area contributed by atoms with E-state index in [1.165, 1.54) is 0 Å². The number of hydrogen-bond acceptors (Lipinski definition) is 3. The first-order valence-corrected chi connectivity index (χ1v) is 4.95. The van der Waals surface area contributed by atoms with Gasteiger partial charge in [0.25, 0.3) is 0 Å². The average molecular weight is 213 g/mol. The quantitative estimate of drug-likeness (QED) is 0.550. The predicted molar refractivity (Wildman–Crippen MR) is 50.7 cm³/mol. The molecule has 14 heavy (non-hydrogen) atoms. The van der Waals surface area contributed by atoms with Gasteiger partial charge in [-0.3, -0.25) is 9.59 Å². The van der Waals surface area contributed by atoms with Crippen LogP contribution in [0.4, 0.5) is 0 Å². The molecule has 2 rings (SSSR count). The number of hydrogen-bond donors (Lipinski definition) is 0. The Morgan fingerprint density at radius 2 is 2.36 bits per heavy atom. The summed E-state index contributed by atoms with van der Waals surface area (Å²) < 4.78 is 1.66. The number of carbonyl (C=O) groups excluding carboxylic acids is 2. The molecule has 0 radical (unpaired) electrons. The SMILES string of the molecule is O=Cc1c(CCl)nc2n1CCCC2=O. The molecule has 1 aromatic rings. The summed E-state index contributed by atoms with van der Waals surface area (Å²) in [6, 6.07) is 0. The first kappa shape index (κ1) is 9.40. The van der Waals surface area contributed by atoms with E-state index >= 15 is 0 Å². The van der Waals surface area contributed by atoms with E-state index in [1.807, 2.05) is 0 Å². The van der Waals surface area contributed by atoms with Gasteiger partial charge >= 0.3 is 0 Å². The molecule has 0 saturated heterocycles. The van der Waals surface area contributed by atoms with Crippen LogP contribution in [-0.2, 0) is 12.4 Å². The fourth-order valence-electron chi connectivity index (χ4n) is 1.69. The van der Waals surface area contributed by atoms with Crippen LogP contribution in [0.5, 0.6) is 0 Å². The maximum absolute atomic E-state index is 11.4. The molecule has 1 aliphatic rings. The van der Waals surface area contributed by atoms with Crippen molar-refractivity contribution < 1.29 is 9.59 Å². The summed E-state index contributed by atoms with van der Waals surface area (Å²) in [6.07, 6.45) is 1.99. The van der Waals surface area contributed by atoms with Crippen molar-refractivity contribution in [2.75, 3.05) is 0 Å². The molecule has 74 valence electrons. The lowest BCUT2D eigenvalue weighted by Crippen LogP contribution is -2.18. The Labute approximate surface area is 85.9 Å². The van der Waals surface area contributed by atoms with Crippen LogP contribution in [0.2, 0.25) is 0 Å².